The van der Waals surface area contributed by atoms with Crippen molar-refractivity contribution in [2.75, 3.05) is 26.2 Å². The van der Waals surface area contributed by atoms with E-state index < -0.39 is 6.10 Å². The number of nitrogens with zero attached hydrogens (tertiary/aromatic N) is 1. The van der Waals surface area contributed by atoms with Gasteiger partial charge in [-0.15, -0.1) is 0 Å². The van der Waals surface area contributed by atoms with Gasteiger partial charge in [0, 0.05) is 19.6 Å². The summed E-state index contributed by atoms with van der Waals surface area (Å²) in [4.78, 5) is 13.5. The Morgan fingerprint density at radius 1 is 1.69 bits per heavy atom. The van der Waals surface area contributed by atoms with Gasteiger partial charge < -0.3 is 15.4 Å². The molecule has 1 amide bonds. The number of amides is 1. The van der Waals surface area contributed by atoms with E-state index in [0.29, 0.717) is 19.1 Å². The maximum absolute atomic E-state index is 11.6. The average molecular weight is 186 g/mol. The fourth-order valence-corrected chi connectivity index (χ4v) is 1.48. The van der Waals surface area contributed by atoms with Crippen molar-refractivity contribution in [2.45, 2.75) is 20.0 Å². The highest BCUT2D eigenvalue weighted by atomic mass is 16.5. The van der Waals surface area contributed by atoms with Crippen LogP contribution in [0.3, 0.4) is 0 Å². The van der Waals surface area contributed by atoms with Gasteiger partial charge >= 0.3 is 0 Å². The molecule has 1 aliphatic rings. The topological polar surface area (TPSA) is 55.6 Å². The van der Waals surface area contributed by atoms with Crippen LogP contribution in [0.15, 0.2) is 0 Å². The second-order valence-electron chi connectivity index (χ2n) is 3.77. The Morgan fingerprint density at radius 2 is 2.38 bits per heavy atom. The SMILES string of the molecule is CC(C)CN1CCOC(CN)C1=O. The van der Waals surface area contributed by atoms with Crippen molar-refractivity contribution in [3.05, 3.63) is 0 Å². The zero-order chi connectivity index (χ0) is 9.84. The first-order valence-corrected chi connectivity index (χ1v) is 4.75. The van der Waals surface area contributed by atoms with E-state index in [1.54, 1.807) is 0 Å². The van der Waals surface area contributed by atoms with E-state index >= 15 is 0 Å². The fraction of sp³-hybridized carbons (Fsp3) is 0.889. The van der Waals surface area contributed by atoms with E-state index in [9.17, 15) is 4.79 Å². The Balaban J connectivity index is 2.50. The quantitative estimate of drug-likeness (QED) is 0.665. The van der Waals surface area contributed by atoms with Crippen molar-refractivity contribution in [2.24, 2.45) is 11.7 Å². The molecule has 0 bridgehead atoms. The van der Waals surface area contributed by atoms with E-state index in [0.717, 1.165) is 6.54 Å². The van der Waals surface area contributed by atoms with E-state index in [1.165, 1.54) is 0 Å². The summed E-state index contributed by atoms with van der Waals surface area (Å²) in [7, 11) is 0. The summed E-state index contributed by atoms with van der Waals surface area (Å²) in [5, 5.41) is 0. The van der Waals surface area contributed by atoms with Gasteiger partial charge in [0.1, 0.15) is 6.10 Å². The van der Waals surface area contributed by atoms with Crippen molar-refractivity contribution in [1.29, 1.82) is 0 Å². The summed E-state index contributed by atoms with van der Waals surface area (Å²) in [6, 6.07) is 0. The van der Waals surface area contributed by atoms with Crippen molar-refractivity contribution in [3.8, 4) is 0 Å². The molecule has 4 nitrogen and oxygen atoms in total. The predicted octanol–water partition coefficient (Wildman–Crippen LogP) is -0.171. The molecule has 13 heavy (non-hydrogen) atoms. The molecule has 1 unspecified atom stereocenters. The second kappa shape index (κ2) is 4.58. The predicted molar refractivity (Wildman–Crippen MR) is 50.2 cm³/mol. The molecule has 1 heterocycles. The van der Waals surface area contributed by atoms with Gasteiger partial charge in [0.15, 0.2) is 0 Å². The summed E-state index contributed by atoms with van der Waals surface area (Å²) in [6.45, 7) is 6.60. The Labute approximate surface area is 79.0 Å². The standard InChI is InChI=1S/C9H18N2O2/c1-7(2)6-11-3-4-13-8(5-10)9(11)12/h7-8H,3-6,10H2,1-2H3. The van der Waals surface area contributed by atoms with Crippen LogP contribution in [-0.2, 0) is 9.53 Å². The number of carbonyl (C=O) groups excluding carboxylic acids is 1. The lowest BCUT2D eigenvalue weighted by atomic mass is 10.1. The van der Waals surface area contributed by atoms with E-state index in [1.807, 2.05) is 4.90 Å². The number of hydrogen-bond acceptors (Lipinski definition) is 3. The number of morpholine rings is 1. The highest BCUT2D eigenvalue weighted by molar-refractivity contribution is 5.81. The molecule has 0 aromatic rings. The van der Waals surface area contributed by atoms with Crippen LogP contribution in [0, 0.1) is 5.92 Å². The van der Waals surface area contributed by atoms with Gasteiger partial charge in [-0.1, -0.05) is 13.8 Å². The van der Waals surface area contributed by atoms with Gasteiger partial charge in [-0.05, 0) is 5.92 Å². The van der Waals surface area contributed by atoms with Gasteiger partial charge in [0.2, 0.25) is 0 Å². The summed E-state index contributed by atoms with van der Waals surface area (Å²) in [6.07, 6.45) is -0.410. The molecule has 0 aromatic heterocycles. The van der Waals surface area contributed by atoms with E-state index in [-0.39, 0.29) is 12.5 Å². The van der Waals surface area contributed by atoms with Crippen LogP contribution in [0.25, 0.3) is 0 Å². The van der Waals surface area contributed by atoms with Crippen LogP contribution in [0.2, 0.25) is 0 Å². The molecular formula is C9H18N2O2. The lowest BCUT2D eigenvalue weighted by Gasteiger charge is -2.32. The van der Waals surface area contributed by atoms with Crippen molar-refractivity contribution in [3.63, 3.8) is 0 Å². The summed E-state index contributed by atoms with van der Waals surface area (Å²) >= 11 is 0. The van der Waals surface area contributed by atoms with Crippen LogP contribution in [0.4, 0.5) is 0 Å². The van der Waals surface area contributed by atoms with Gasteiger partial charge in [0.05, 0.1) is 6.61 Å². The molecule has 1 rings (SSSR count). The molecule has 1 saturated heterocycles. The lowest BCUT2D eigenvalue weighted by molar-refractivity contribution is -0.152. The summed E-state index contributed by atoms with van der Waals surface area (Å²) in [5.74, 6) is 0.544. The third kappa shape index (κ3) is 2.67. The van der Waals surface area contributed by atoms with Crippen LogP contribution in [-0.4, -0.2) is 43.2 Å². The lowest BCUT2D eigenvalue weighted by Crippen LogP contribution is -2.51. The van der Waals surface area contributed by atoms with Gasteiger partial charge in [-0.25, -0.2) is 0 Å². The van der Waals surface area contributed by atoms with Crippen molar-refractivity contribution < 1.29 is 9.53 Å². The number of carbonyl (C=O) groups is 1. The monoisotopic (exact) mass is 186 g/mol. The summed E-state index contributed by atoms with van der Waals surface area (Å²) < 4.78 is 5.23. The largest absolute Gasteiger partial charge is 0.365 e. The molecule has 0 radical (unpaired) electrons. The van der Waals surface area contributed by atoms with Crippen LogP contribution in [0.5, 0.6) is 0 Å². The number of hydrogen-bond donors (Lipinski definition) is 1. The Bertz CT molecular complexity index is 182. The molecule has 1 aliphatic heterocycles. The van der Waals surface area contributed by atoms with Crippen LogP contribution >= 0.6 is 0 Å². The first-order chi connectivity index (χ1) is 6.15. The molecule has 1 fully saturated rings. The van der Waals surface area contributed by atoms with Gasteiger partial charge in [-0.3, -0.25) is 4.79 Å². The van der Waals surface area contributed by atoms with Gasteiger partial charge in [-0.2, -0.15) is 0 Å². The highest BCUT2D eigenvalue weighted by Gasteiger charge is 2.28. The third-order valence-electron chi connectivity index (χ3n) is 2.07. The van der Waals surface area contributed by atoms with E-state index in [4.69, 9.17) is 10.5 Å². The minimum absolute atomic E-state index is 0.0439. The fourth-order valence-electron chi connectivity index (χ4n) is 1.48. The zero-order valence-electron chi connectivity index (χ0n) is 8.32. The zero-order valence-corrected chi connectivity index (χ0v) is 8.32. The molecule has 0 aliphatic carbocycles. The number of ether oxygens (including phenoxy) is 1. The maximum Gasteiger partial charge on any atom is 0.253 e. The molecule has 1 atom stereocenters. The van der Waals surface area contributed by atoms with E-state index in [2.05, 4.69) is 13.8 Å². The van der Waals surface area contributed by atoms with Gasteiger partial charge in [0.25, 0.3) is 5.91 Å². The second-order valence-corrected chi connectivity index (χ2v) is 3.77. The normalized spacial score (nSPS) is 24.2. The maximum atomic E-state index is 11.6. The Kier molecular flexibility index (Phi) is 3.69. The highest BCUT2D eigenvalue weighted by Crippen LogP contribution is 2.08. The molecule has 76 valence electrons. The first kappa shape index (κ1) is 10.5. The number of nitrogens with two attached hydrogens (primary N) is 1. The minimum atomic E-state index is -0.410. The molecule has 0 aromatic carbocycles. The number of rotatable bonds is 3. The first-order valence-electron chi connectivity index (χ1n) is 4.75. The molecule has 2 N–H and O–H groups in total. The van der Waals surface area contributed by atoms with Crippen molar-refractivity contribution in [1.82, 2.24) is 4.90 Å². The molecule has 0 spiro atoms. The third-order valence-corrected chi connectivity index (χ3v) is 2.07. The summed E-state index contributed by atoms with van der Waals surface area (Å²) in [5.41, 5.74) is 5.41. The molecule has 4 heteroatoms. The average Bonchev–Trinajstić information content (AvgIpc) is 2.08. The van der Waals surface area contributed by atoms with Crippen molar-refractivity contribution >= 4 is 5.91 Å². The van der Waals surface area contributed by atoms with Crippen LogP contribution < -0.4 is 5.73 Å². The smallest absolute Gasteiger partial charge is 0.253 e. The minimum Gasteiger partial charge on any atom is -0.365 e. The Morgan fingerprint density at radius 3 is 2.92 bits per heavy atom. The Hall–Kier alpha value is -0.610. The molecular weight excluding hydrogens is 168 g/mol. The van der Waals surface area contributed by atoms with Crippen LogP contribution in [0.1, 0.15) is 13.8 Å². The molecule has 0 saturated carbocycles.